The SMILES string of the molecule is O=C(O[C@H](CO)C(F)(F)F)N1CCC2(CCCN(Cc3ccc(F)cc3)C2)CC1. The van der Waals surface area contributed by atoms with Crippen molar-refractivity contribution in [3.05, 3.63) is 35.6 Å². The Morgan fingerprint density at radius 1 is 1.14 bits per heavy atom. The topological polar surface area (TPSA) is 53.0 Å². The summed E-state index contributed by atoms with van der Waals surface area (Å²) in [6.45, 7) is 1.88. The van der Waals surface area contributed by atoms with Crippen LogP contribution in [-0.2, 0) is 11.3 Å². The highest BCUT2D eigenvalue weighted by molar-refractivity contribution is 5.68. The van der Waals surface area contributed by atoms with Crippen molar-refractivity contribution in [2.75, 3.05) is 32.8 Å². The van der Waals surface area contributed by atoms with Crippen LogP contribution in [0.5, 0.6) is 0 Å². The summed E-state index contributed by atoms with van der Waals surface area (Å²) in [6.07, 6.45) is -4.91. The molecule has 9 heteroatoms. The Bertz CT molecular complexity index is 688. The first-order valence-corrected chi connectivity index (χ1v) is 9.81. The zero-order valence-electron chi connectivity index (χ0n) is 16.1. The van der Waals surface area contributed by atoms with Crippen molar-refractivity contribution in [1.29, 1.82) is 0 Å². The smallest absolute Gasteiger partial charge is 0.427 e. The minimum atomic E-state index is -4.79. The van der Waals surface area contributed by atoms with Crippen molar-refractivity contribution in [1.82, 2.24) is 9.80 Å². The van der Waals surface area contributed by atoms with Gasteiger partial charge in [-0.1, -0.05) is 12.1 Å². The molecule has 1 aromatic carbocycles. The van der Waals surface area contributed by atoms with Gasteiger partial charge in [0.15, 0.2) is 0 Å². The van der Waals surface area contributed by atoms with Crippen LogP contribution in [0.25, 0.3) is 0 Å². The molecule has 1 spiro atoms. The van der Waals surface area contributed by atoms with Gasteiger partial charge in [0.25, 0.3) is 0 Å². The minimum Gasteiger partial charge on any atom is -0.434 e. The largest absolute Gasteiger partial charge is 0.434 e. The predicted octanol–water partition coefficient (Wildman–Crippen LogP) is 3.56. The van der Waals surface area contributed by atoms with Crippen LogP contribution < -0.4 is 0 Å². The second-order valence-electron chi connectivity index (χ2n) is 8.02. The van der Waals surface area contributed by atoms with Crippen molar-refractivity contribution < 1.29 is 32.2 Å². The molecule has 3 rings (SSSR count). The number of piperidine rings is 2. The van der Waals surface area contributed by atoms with Crippen molar-refractivity contribution in [2.45, 2.75) is 44.5 Å². The zero-order chi connectivity index (χ0) is 21.1. The molecule has 2 heterocycles. The van der Waals surface area contributed by atoms with Crippen molar-refractivity contribution in [2.24, 2.45) is 5.41 Å². The van der Waals surface area contributed by atoms with Crippen LogP contribution in [0.1, 0.15) is 31.2 Å². The molecule has 2 fully saturated rings. The third-order valence-electron chi connectivity index (χ3n) is 5.92. The van der Waals surface area contributed by atoms with Gasteiger partial charge in [-0.25, -0.2) is 9.18 Å². The number of ether oxygens (including phenoxy) is 1. The Kier molecular flexibility index (Phi) is 6.68. The van der Waals surface area contributed by atoms with Gasteiger partial charge in [0.1, 0.15) is 5.82 Å². The van der Waals surface area contributed by atoms with E-state index in [1.54, 1.807) is 12.1 Å². The molecule has 1 amide bonds. The fourth-order valence-electron chi connectivity index (χ4n) is 4.27. The van der Waals surface area contributed by atoms with E-state index in [1.807, 2.05) is 0 Å². The number of halogens is 4. The molecule has 2 saturated heterocycles. The molecule has 1 aromatic rings. The van der Waals surface area contributed by atoms with E-state index in [0.717, 1.165) is 38.0 Å². The van der Waals surface area contributed by atoms with E-state index in [4.69, 9.17) is 5.11 Å². The van der Waals surface area contributed by atoms with Crippen LogP contribution >= 0.6 is 0 Å². The van der Waals surface area contributed by atoms with Crippen molar-refractivity contribution in [3.63, 3.8) is 0 Å². The third-order valence-corrected chi connectivity index (χ3v) is 5.92. The first-order chi connectivity index (χ1) is 13.7. The van der Waals surface area contributed by atoms with Gasteiger partial charge in [0.2, 0.25) is 6.10 Å². The number of nitrogens with zero attached hydrogens (tertiary/aromatic N) is 2. The first-order valence-electron chi connectivity index (χ1n) is 9.81. The Balaban J connectivity index is 1.53. The molecular weight excluding hydrogens is 392 g/mol. The average molecular weight is 418 g/mol. The number of amides is 1. The van der Waals surface area contributed by atoms with Crippen LogP contribution in [0.4, 0.5) is 22.4 Å². The van der Waals surface area contributed by atoms with Gasteiger partial charge < -0.3 is 14.7 Å². The van der Waals surface area contributed by atoms with E-state index in [0.29, 0.717) is 25.9 Å². The molecular formula is C20H26F4N2O3. The number of carbonyl (C=O) groups excluding carboxylic acids is 1. The Labute approximate surface area is 167 Å². The molecule has 0 radical (unpaired) electrons. The number of aliphatic hydroxyl groups is 1. The van der Waals surface area contributed by atoms with Gasteiger partial charge in [-0.3, -0.25) is 4.90 Å². The van der Waals surface area contributed by atoms with Gasteiger partial charge in [0.05, 0.1) is 6.61 Å². The van der Waals surface area contributed by atoms with E-state index in [2.05, 4.69) is 9.64 Å². The number of alkyl halides is 3. The molecule has 1 atom stereocenters. The monoisotopic (exact) mass is 418 g/mol. The maximum absolute atomic E-state index is 13.1. The molecule has 29 heavy (non-hydrogen) atoms. The quantitative estimate of drug-likeness (QED) is 0.760. The Morgan fingerprint density at radius 3 is 2.38 bits per heavy atom. The summed E-state index contributed by atoms with van der Waals surface area (Å²) in [7, 11) is 0. The van der Waals surface area contributed by atoms with Crippen LogP contribution in [0.3, 0.4) is 0 Å². The summed E-state index contributed by atoms with van der Waals surface area (Å²) < 4.78 is 55.6. The molecule has 2 aliphatic heterocycles. The number of hydrogen-bond donors (Lipinski definition) is 1. The lowest BCUT2D eigenvalue weighted by atomic mass is 9.72. The van der Waals surface area contributed by atoms with Crippen molar-refractivity contribution in [3.8, 4) is 0 Å². The highest BCUT2D eigenvalue weighted by atomic mass is 19.4. The van der Waals surface area contributed by atoms with Crippen LogP contribution in [0, 0.1) is 11.2 Å². The Hall–Kier alpha value is -1.87. The maximum Gasteiger partial charge on any atom is 0.427 e. The van der Waals surface area contributed by atoms with E-state index < -0.39 is 25.0 Å². The highest BCUT2D eigenvalue weighted by Gasteiger charge is 2.44. The molecule has 0 saturated carbocycles. The van der Waals surface area contributed by atoms with Gasteiger partial charge in [-0.15, -0.1) is 0 Å². The van der Waals surface area contributed by atoms with Crippen LogP contribution in [0.2, 0.25) is 0 Å². The van der Waals surface area contributed by atoms with E-state index >= 15 is 0 Å². The number of hydrogen-bond acceptors (Lipinski definition) is 4. The van der Waals surface area contributed by atoms with Gasteiger partial charge in [-0.05, 0) is 55.3 Å². The fraction of sp³-hybridized carbons (Fsp3) is 0.650. The van der Waals surface area contributed by atoms with E-state index in [9.17, 15) is 22.4 Å². The molecule has 0 bridgehead atoms. The number of likely N-dealkylation sites (tertiary alicyclic amines) is 2. The molecule has 2 aliphatic rings. The molecule has 1 N–H and O–H groups in total. The molecule has 0 unspecified atom stereocenters. The standard InChI is InChI=1S/C20H26F4N2O3/c21-16-4-2-15(3-5-16)12-25-9-1-6-19(14-25)7-10-26(11-8-19)18(28)29-17(13-27)20(22,23)24/h2-5,17,27H,1,6-14H2/t17-/m1/s1. The minimum absolute atomic E-state index is 0.0233. The van der Waals surface area contributed by atoms with Crippen molar-refractivity contribution >= 4 is 6.09 Å². The summed E-state index contributed by atoms with van der Waals surface area (Å²) in [5, 5.41) is 8.83. The lowest BCUT2D eigenvalue weighted by molar-refractivity contribution is -0.215. The number of aliphatic hydroxyl groups excluding tert-OH is 1. The van der Waals surface area contributed by atoms with Crippen LogP contribution in [0.15, 0.2) is 24.3 Å². The summed E-state index contributed by atoms with van der Waals surface area (Å²) in [5.74, 6) is -0.267. The Morgan fingerprint density at radius 2 is 1.79 bits per heavy atom. The molecule has 0 aromatic heterocycles. The number of carbonyl (C=O) groups is 1. The summed E-state index contributed by atoms with van der Waals surface area (Å²) >= 11 is 0. The predicted molar refractivity (Wildman–Crippen MR) is 97.6 cm³/mol. The second kappa shape index (κ2) is 8.87. The van der Waals surface area contributed by atoms with Gasteiger partial charge in [0, 0.05) is 26.2 Å². The molecule has 0 aliphatic carbocycles. The average Bonchev–Trinajstić information content (AvgIpc) is 2.67. The first kappa shape index (κ1) is 21.8. The van der Waals surface area contributed by atoms with Gasteiger partial charge in [-0.2, -0.15) is 13.2 Å². The third kappa shape index (κ3) is 5.60. The van der Waals surface area contributed by atoms with Crippen LogP contribution in [-0.4, -0.2) is 66.1 Å². The number of rotatable bonds is 4. The number of benzene rings is 1. The fourth-order valence-corrected chi connectivity index (χ4v) is 4.27. The molecule has 5 nitrogen and oxygen atoms in total. The van der Waals surface area contributed by atoms with E-state index in [1.165, 1.54) is 17.0 Å². The zero-order valence-corrected chi connectivity index (χ0v) is 16.1. The van der Waals surface area contributed by atoms with Gasteiger partial charge >= 0.3 is 12.3 Å². The molecule has 162 valence electrons. The highest BCUT2D eigenvalue weighted by Crippen LogP contribution is 2.40. The summed E-state index contributed by atoms with van der Waals surface area (Å²) in [4.78, 5) is 15.7. The maximum atomic E-state index is 13.1. The summed E-state index contributed by atoms with van der Waals surface area (Å²) in [6, 6.07) is 6.43. The lowest BCUT2D eigenvalue weighted by Gasteiger charge is -2.47. The summed E-state index contributed by atoms with van der Waals surface area (Å²) in [5.41, 5.74) is 1.06. The second-order valence-corrected chi connectivity index (χ2v) is 8.02. The lowest BCUT2D eigenvalue weighted by Crippen LogP contribution is -2.51. The normalized spacial score (nSPS) is 21.2. The van der Waals surface area contributed by atoms with E-state index in [-0.39, 0.29) is 11.2 Å².